The smallest absolute Gasteiger partial charge is 0.0849 e. The van der Waals surface area contributed by atoms with Gasteiger partial charge >= 0.3 is 0 Å². The van der Waals surface area contributed by atoms with Gasteiger partial charge in [0.25, 0.3) is 0 Å². The summed E-state index contributed by atoms with van der Waals surface area (Å²) in [5, 5.41) is 18.9. The SMILES string of the molecule is CCCCCCCC(O)C(C)(C)O. The van der Waals surface area contributed by atoms with Crippen molar-refractivity contribution in [2.45, 2.75) is 71.0 Å². The third-order valence-corrected chi connectivity index (χ3v) is 2.40. The fraction of sp³-hybridized carbons (Fsp3) is 1.00. The van der Waals surface area contributed by atoms with Gasteiger partial charge < -0.3 is 10.2 Å². The second-order valence-corrected chi connectivity index (χ2v) is 4.37. The molecule has 80 valence electrons. The van der Waals surface area contributed by atoms with E-state index >= 15 is 0 Å². The average molecular weight is 188 g/mol. The van der Waals surface area contributed by atoms with Gasteiger partial charge in [-0.05, 0) is 20.3 Å². The van der Waals surface area contributed by atoms with Gasteiger partial charge in [-0.15, -0.1) is 0 Å². The summed E-state index contributed by atoms with van der Waals surface area (Å²) in [6.45, 7) is 5.50. The highest BCUT2D eigenvalue weighted by Crippen LogP contribution is 2.15. The largest absolute Gasteiger partial charge is 0.390 e. The Labute approximate surface area is 82.0 Å². The van der Waals surface area contributed by atoms with Crippen LogP contribution in [0, 0.1) is 0 Å². The van der Waals surface area contributed by atoms with E-state index in [4.69, 9.17) is 0 Å². The first-order valence-corrected chi connectivity index (χ1v) is 5.39. The van der Waals surface area contributed by atoms with Crippen molar-refractivity contribution in [1.29, 1.82) is 0 Å². The van der Waals surface area contributed by atoms with Crippen LogP contribution in [0.1, 0.15) is 59.3 Å². The molecule has 0 saturated heterocycles. The van der Waals surface area contributed by atoms with Crippen molar-refractivity contribution in [3.63, 3.8) is 0 Å². The first kappa shape index (κ1) is 12.9. The monoisotopic (exact) mass is 188 g/mol. The van der Waals surface area contributed by atoms with Crippen LogP contribution in [0.4, 0.5) is 0 Å². The van der Waals surface area contributed by atoms with Crippen LogP contribution in [-0.2, 0) is 0 Å². The second kappa shape index (κ2) is 6.39. The summed E-state index contributed by atoms with van der Waals surface area (Å²) < 4.78 is 0. The lowest BCUT2D eigenvalue weighted by atomic mass is 9.96. The van der Waals surface area contributed by atoms with Crippen molar-refractivity contribution in [2.24, 2.45) is 0 Å². The molecule has 0 fully saturated rings. The highest BCUT2D eigenvalue weighted by Gasteiger charge is 2.23. The number of hydrogen-bond donors (Lipinski definition) is 2. The summed E-state index contributed by atoms with van der Waals surface area (Å²) >= 11 is 0. The maximum Gasteiger partial charge on any atom is 0.0849 e. The fourth-order valence-corrected chi connectivity index (χ4v) is 1.29. The Kier molecular flexibility index (Phi) is 6.35. The van der Waals surface area contributed by atoms with Gasteiger partial charge in [0.15, 0.2) is 0 Å². The zero-order chi connectivity index (χ0) is 10.3. The number of rotatable bonds is 7. The Hall–Kier alpha value is -0.0800. The maximum atomic E-state index is 9.49. The van der Waals surface area contributed by atoms with Crippen LogP contribution in [0.3, 0.4) is 0 Å². The van der Waals surface area contributed by atoms with Gasteiger partial charge in [-0.25, -0.2) is 0 Å². The van der Waals surface area contributed by atoms with E-state index in [9.17, 15) is 10.2 Å². The minimum Gasteiger partial charge on any atom is -0.390 e. The number of aliphatic hydroxyl groups excluding tert-OH is 1. The van der Waals surface area contributed by atoms with E-state index in [1.165, 1.54) is 25.7 Å². The van der Waals surface area contributed by atoms with Gasteiger partial charge in [-0.3, -0.25) is 0 Å². The standard InChI is InChI=1S/C11H24O2/c1-4-5-6-7-8-9-10(12)11(2,3)13/h10,12-13H,4-9H2,1-3H3. The Balaban J connectivity index is 3.32. The Morgan fingerprint density at radius 2 is 1.62 bits per heavy atom. The number of hydrogen-bond acceptors (Lipinski definition) is 2. The van der Waals surface area contributed by atoms with E-state index in [1.54, 1.807) is 13.8 Å². The summed E-state index contributed by atoms with van der Waals surface area (Å²) in [5.74, 6) is 0. The predicted octanol–water partition coefficient (Wildman–Crippen LogP) is 2.48. The van der Waals surface area contributed by atoms with Crippen LogP contribution in [0.25, 0.3) is 0 Å². The topological polar surface area (TPSA) is 40.5 Å². The Morgan fingerprint density at radius 1 is 1.08 bits per heavy atom. The van der Waals surface area contributed by atoms with Gasteiger partial charge in [-0.1, -0.05) is 39.0 Å². The van der Waals surface area contributed by atoms with Crippen molar-refractivity contribution >= 4 is 0 Å². The van der Waals surface area contributed by atoms with Crippen LogP contribution < -0.4 is 0 Å². The quantitative estimate of drug-likeness (QED) is 0.603. The molecule has 2 nitrogen and oxygen atoms in total. The molecule has 0 spiro atoms. The average Bonchev–Trinajstić information content (AvgIpc) is 2.02. The molecule has 0 heterocycles. The van der Waals surface area contributed by atoms with Crippen molar-refractivity contribution in [3.8, 4) is 0 Å². The van der Waals surface area contributed by atoms with E-state index in [1.807, 2.05) is 0 Å². The van der Waals surface area contributed by atoms with Crippen LogP contribution in [0.2, 0.25) is 0 Å². The highest BCUT2D eigenvalue weighted by atomic mass is 16.3. The van der Waals surface area contributed by atoms with Crippen LogP contribution in [-0.4, -0.2) is 21.9 Å². The lowest BCUT2D eigenvalue weighted by molar-refractivity contribution is -0.0522. The van der Waals surface area contributed by atoms with Gasteiger partial charge in [0.1, 0.15) is 0 Å². The first-order valence-electron chi connectivity index (χ1n) is 5.39. The third kappa shape index (κ3) is 7.03. The highest BCUT2D eigenvalue weighted by molar-refractivity contribution is 4.75. The summed E-state index contributed by atoms with van der Waals surface area (Å²) in [6.07, 6.45) is 6.09. The Morgan fingerprint density at radius 3 is 2.08 bits per heavy atom. The van der Waals surface area contributed by atoms with Crippen molar-refractivity contribution < 1.29 is 10.2 Å². The van der Waals surface area contributed by atoms with Gasteiger partial charge in [-0.2, -0.15) is 0 Å². The lowest BCUT2D eigenvalue weighted by Crippen LogP contribution is -2.35. The summed E-state index contributed by atoms with van der Waals surface area (Å²) in [4.78, 5) is 0. The molecule has 0 aromatic rings. The molecule has 0 saturated carbocycles. The molecule has 13 heavy (non-hydrogen) atoms. The molecular weight excluding hydrogens is 164 g/mol. The van der Waals surface area contributed by atoms with Gasteiger partial charge in [0.05, 0.1) is 11.7 Å². The minimum absolute atomic E-state index is 0.575. The minimum atomic E-state index is -0.940. The molecular formula is C11H24O2. The molecule has 0 rings (SSSR count). The molecule has 0 aliphatic rings. The molecule has 0 aliphatic heterocycles. The molecule has 0 aliphatic carbocycles. The molecule has 0 amide bonds. The van der Waals surface area contributed by atoms with Gasteiger partial charge in [0.2, 0.25) is 0 Å². The predicted molar refractivity (Wildman–Crippen MR) is 55.7 cm³/mol. The van der Waals surface area contributed by atoms with E-state index in [2.05, 4.69) is 6.92 Å². The molecule has 1 unspecified atom stereocenters. The second-order valence-electron chi connectivity index (χ2n) is 4.37. The van der Waals surface area contributed by atoms with Gasteiger partial charge in [0, 0.05) is 0 Å². The van der Waals surface area contributed by atoms with E-state index in [0.717, 1.165) is 6.42 Å². The summed E-state index contributed by atoms with van der Waals surface area (Å²) in [6, 6.07) is 0. The van der Waals surface area contributed by atoms with Crippen LogP contribution in [0.5, 0.6) is 0 Å². The maximum absolute atomic E-state index is 9.49. The first-order chi connectivity index (χ1) is 5.98. The molecule has 2 N–H and O–H groups in total. The van der Waals surface area contributed by atoms with Crippen LogP contribution >= 0.6 is 0 Å². The van der Waals surface area contributed by atoms with E-state index in [-0.39, 0.29) is 0 Å². The summed E-state index contributed by atoms with van der Waals surface area (Å²) in [5.41, 5.74) is -0.940. The van der Waals surface area contributed by atoms with Crippen molar-refractivity contribution in [2.75, 3.05) is 0 Å². The molecule has 0 radical (unpaired) electrons. The molecule has 2 heteroatoms. The zero-order valence-electron chi connectivity index (χ0n) is 9.21. The number of unbranched alkanes of at least 4 members (excludes halogenated alkanes) is 4. The summed E-state index contributed by atoms with van der Waals surface area (Å²) in [7, 11) is 0. The fourth-order valence-electron chi connectivity index (χ4n) is 1.29. The molecule has 0 bridgehead atoms. The van der Waals surface area contributed by atoms with Crippen LogP contribution in [0.15, 0.2) is 0 Å². The third-order valence-electron chi connectivity index (χ3n) is 2.40. The van der Waals surface area contributed by atoms with E-state index < -0.39 is 11.7 Å². The molecule has 1 atom stereocenters. The van der Waals surface area contributed by atoms with E-state index in [0.29, 0.717) is 6.42 Å². The van der Waals surface area contributed by atoms with Crippen molar-refractivity contribution in [1.82, 2.24) is 0 Å². The molecule has 0 aromatic heterocycles. The lowest BCUT2D eigenvalue weighted by Gasteiger charge is -2.24. The van der Waals surface area contributed by atoms with Crippen molar-refractivity contribution in [3.05, 3.63) is 0 Å². The zero-order valence-corrected chi connectivity index (χ0v) is 9.21. The Bertz CT molecular complexity index is 116. The number of aliphatic hydroxyl groups is 2. The normalized spacial score (nSPS) is 14.5. The molecule has 0 aromatic carbocycles.